The highest BCUT2D eigenvalue weighted by molar-refractivity contribution is 5.12. The molecule has 1 N–H and O–H groups in total. The highest BCUT2D eigenvalue weighted by Crippen LogP contribution is 2.67. The topological polar surface area (TPSA) is 15.3 Å². The lowest BCUT2D eigenvalue weighted by Crippen LogP contribution is -2.33. The summed E-state index contributed by atoms with van der Waals surface area (Å²) in [6.45, 7) is 19.9. The molecule has 1 rings (SSSR count). The molecule has 0 aromatic rings. The minimum atomic E-state index is 0.523. The van der Waals surface area contributed by atoms with Crippen LogP contribution in [0.4, 0.5) is 0 Å². The lowest BCUT2D eigenvalue weighted by atomic mass is 10.0. The normalized spacial score (nSPS) is 22.7. The maximum absolute atomic E-state index is 3.62. The number of hydrogen-bond acceptors (Lipinski definition) is 2. The molecule has 0 amide bonds. The summed E-state index contributed by atoms with van der Waals surface area (Å²) in [5, 5.41) is 3.62. The third-order valence-corrected chi connectivity index (χ3v) is 5.17. The van der Waals surface area contributed by atoms with Gasteiger partial charge < -0.3 is 10.2 Å². The number of nitrogens with zero attached hydrogens (tertiary/aromatic N) is 1. The quantitative estimate of drug-likeness (QED) is 0.671. The van der Waals surface area contributed by atoms with E-state index in [2.05, 4.69) is 51.8 Å². The Balaban J connectivity index is 2.14. The van der Waals surface area contributed by atoms with Crippen molar-refractivity contribution in [1.82, 2.24) is 10.2 Å². The van der Waals surface area contributed by atoms with Crippen molar-refractivity contribution in [1.29, 1.82) is 0 Å². The number of nitrogens with one attached hydrogen (secondary N) is 1. The Kier molecular flexibility index (Phi) is 4.42. The van der Waals surface area contributed by atoms with Gasteiger partial charge >= 0.3 is 0 Å². The van der Waals surface area contributed by atoms with E-state index in [-0.39, 0.29) is 0 Å². The van der Waals surface area contributed by atoms with Crippen LogP contribution in [0.3, 0.4) is 0 Å². The Bertz CT molecular complexity index is 203. The Morgan fingerprint density at radius 3 is 1.88 bits per heavy atom. The molecule has 1 aliphatic carbocycles. The lowest BCUT2D eigenvalue weighted by molar-refractivity contribution is 0.300. The third kappa shape index (κ3) is 2.60. The monoisotopic (exact) mass is 226 g/mol. The number of likely N-dealkylation sites (N-methyl/N-ethyl adjacent to an activating group) is 1. The number of hydrogen-bond donors (Lipinski definition) is 1. The van der Waals surface area contributed by atoms with Gasteiger partial charge in [-0.2, -0.15) is 0 Å². The fraction of sp³-hybridized carbons (Fsp3) is 1.00. The molecule has 0 radical (unpaired) electrons. The van der Waals surface area contributed by atoms with Crippen LogP contribution in [-0.2, 0) is 0 Å². The average molecular weight is 226 g/mol. The van der Waals surface area contributed by atoms with Gasteiger partial charge in [-0.15, -0.1) is 0 Å². The molecule has 2 heteroatoms. The second kappa shape index (κ2) is 5.05. The summed E-state index contributed by atoms with van der Waals surface area (Å²) in [6.07, 6.45) is 0. The van der Waals surface area contributed by atoms with Gasteiger partial charge in [0, 0.05) is 13.1 Å². The van der Waals surface area contributed by atoms with Crippen LogP contribution in [0.1, 0.15) is 41.5 Å². The second-order valence-electron chi connectivity index (χ2n) is 6.23. The minimum Gasteiger partial charge on any atom is -0.315 e. The lowest BCUT2D eigenvalue weighted by Gasteiger charge is -2.18. The van der Waals surface area contributed by atoms with E-state index >= 15 is 0 Å². The van der Waals surface area contributed by atoms with Crippen LogP contribution >= 0.6 is 0 Å². The summed E-state index contributed by atoms with van der Waals surface area (Å²) in [5.74, 6) is 0.844. The molecule has 0 unspecified atom stereocenters. The van der Waals surface area contributed by atoms with Gasteiger partial charge in [0.1, 0.15) is 0 Å². The van der Waals surface area contributed by atoms with Crippen molar-refractivity contribution in [2.45, 2.75) is 41.5 Å². The fourth-order valence-electron chi connectivity index (χ4n) is 2.87. The van der Waals surface area contributed by atoms with Crippen LogP contribution in [0.2, 0.25) is 0 Å². The molecule has 0 aliphatic heterocycles. The summed E-state index contributed by atoms with van der Waals surface area (Å²) in [4.78, 5) is 2.47. The molecule has 0 saturated heterocycles. The van der Waals surface area contributed by atoms with Crippen LogP contribution in [0, 0.1) is 16.7 Å². The van der Waals surface area contributed by atoms with Crippen molar-refractivity contribution in [2.75, 3.05) is 32.7 Å². The van der Waals surface area contributed by atoms with E-state index in [1.807, 2.05) is 0 Å². The summed E-state index contributed by atoms with van der Waals surface area (Å²) < 4.78 is 0. The van der Waals surface area contributed by atoms with Gasteiger partial charge in [0.15, 0.2) is 0 Å². The van der Waals surface area contributed by atoms with Crippen molar-refractivity contribution >= 4 is 0 Å². The van der Waals surface area contributed by atoms with E-state index in [0.29, 0.717) is 10.8 Å². The molecule has 1 aliphatic rings. The molecule has 0 aromatic carbocycles. The largest absolute Gasteiger partial charge is 0.315 e. The highest BCUT2D eigenvalue weighted by atomic mass is 15.1. The van der Waals surface area contributed by atoms with E-state index < -0.39 is 0 Å². The number of rotatable bonds is 7. The molecule has 0 aromatic heterocycles. The Labute approximate surface area is 102 Å². The van der Waals surface area contributed by atoms with Gasteiger partial charge in [0.05, 0.1) is 0 Å². The predicted octanol–water partition coefficient (Wildman–Crippen LogP) is 2.60. The third-order valence-electron chi connectivity index (χ3n) is 5.17. The van der Waals surface area contributed by atoms with Gasteiger partial charge in [0.2, 0.25) is 0 Å². The first-order chi connectivity index (χ1) is 7.37. The first kappa shape index (κ1) is 14.0. The van der Waals surface area contributed by atoms with Crippen LogP contribution in [0.15, 0.2) is 0 Å². The summed E-state index contributed by atoms with van der Waals surface area (Å²) in [7, 11) is 0. The Morgan fingerprint density at radius 2 is 1.50 bits per heavy atom. The molecular weight excluding hydrogens is 196 g/mol. The maximum Gasteiger partial charge on any atom is 0.0107 e. The van der Waals surface area contributed by atoms with Crippen LogP contribution in [-0.4, -0.2) is 37.6 Å². The highest BCUT2D eigenvalue weighted by Gasteiger charge is 2.63. The van der Waals surface area contributed by atoms with Crippen molar-refractivity contribution in [3.63, 3.8) is 0 Å². The molecule has 0 atom stereocenters. The minimum absolute atomic E-state index is 0.523. The molecule has 1 saturated carbocycles. The van der Waals surface area contributed by atoms with E-state index in [1.165, 1.54) is 26.2 Å². The Morgan fingerprint density at radius 1 is 1.00 bits per heavy atom. The molecule has 1 fully saturated rings. The fourth-order valence-corrected chi connectivity index (χ4v) is 2.87. The smallest absolute Gasteiger partial charge is 0.0107 e. The standard InChI is InChI=1S/C14H30N2/c1-7-16(8-2)10-9-15-11-12-13(3,4)14(12,5)6/h12,15H,7-11H2,1-6H3. The van der Waals surface area contributed by atoms with Crippen molar-refractivity contribution < 1.29 is 0 Å². The molecule has 96 valence electrons. The van der Waals surface area contributed by atoms with Gasteiger partial charge in [-0.25, -0.2) is 0 Å². The van der Waals surface area contributed by atoms with Gasteiger partial charge in [0.25, 0.3) is 0 Å². The summed E-state index contributed by atoms with van der Waals surface area (Å²) >= 11 is 0. The van der Waals surface area contributed by atoms with E-state index in [1.54, 1.807) is 0 Å². The van der Waals surface area contributed by atoms with Crippen molar-refractivity contribution in [3.8, 4) is 0 Å². The molecule has 16 heavy (non-hydrogen) atoms. The predicted molar refractivity (Wildman–Crippen MR) is 71.7 cm³/mol. The zero-order chi connectivity index (χ0) is 12.4. The molecular formula is C14H30N2. The summed E-state index contributed by atoms with van der Waals surface area (Å²) in [6, 6.07) is 0. The first-order valence-electron chi connectivity index (χ1n) is 6.81. The van der Waals surface area contributed by atoms with E-state index in [9.17, 15) is 0 Å². The van der Waals surface area contributed by atoms with E-state index in [4.69, 9.17) is 0 Å². The zero-order valence-corrected chi connectivity index (χ0v) is 12.1. The zero-order valence-electron chi connectivity index (χ0n) is 12.1. The van der Waals surface area contributed by atoms with Crippen LogP contribution in [0.5, 0.6) is 0 Å². The SMILES string of the molecule is CCN(CC)CCNCC1C(C)(C)C1(C)C. The van der Waals surface area contributed by atoms with Gasteiger partial charge in [-0.1, -0.05) is 41.5 Å². The average Bonchev–Trinajstić information content (AvgIpc) is 2.60. The molecule has 0 spiro atoms. The van der Waals surface area contributed by atoms with Crippen LogP contribution in [0.25, 0.3) is 0 Å². The van der Waals surface area contributed by atoms with Crippen molar-refractivity contribution in [2.24, 2.45) is 16.7 Å². The summed E-state index contributed by atoms with van der Waals surface area (Å²) in [5.41, 5.74) is 1.05. The first-order valence-corrected chi connectivity index (χ1v) is 6.81. The molecule has 0 bridgehead atoms. The molecule has 2 nitrogen and oxygen atoms in total. The van der Waals surface area contributed by atoms with Crippen LogP contribution < -0.4 is 5.32 Å². The van der Waals surface area contributed by atoms with Crippen molar-refractivity contribution in [3.05, 3.63) is 0 Å². The van der Waals surface area contributed by atoms with Gasteiger partial charge in [-0.3, -0.25) is 0 Å². The Hall–Kier alpha value is -0.0800. The molecule has 0 heterocycles. The maximum atomic E-state index is 3.62. The second-order valence-corrected chi connectivity index (χ2v) is 6.23. The van der Waals surface area contributed by atoms with E-state index in [0.717, 1.165) is 12.5 Å². The van der Waals surface area contributed by atoms with Gasteiger partial charge in [-0.05, 0) is 36.4 Å².